The molecule has 3 atom stereocenters. The SMILES string of the molecule is CC1C(c2ccc(OC(F)(F)F)cc2)N=NC1c1ccc(Cl)nc1. The van der Waals surface area contributed by atoms with Crippen LogP contribution in [0.1, 0.15) is 30.1 Å². The first-order chi connectivity index (χ1) is 11.3. The fraction of sp³-hybridized carbons (Fsp3) is 0.312. The minimum Gasteiger partial charge on any atom is -0.406 e. The van der Waals surface area contributed by atoms with Crippen molar-refractivity contribution in [3.63, 3.8) is 0 Å². The van der Waals surface area contributed by atoms with Gasteiger partial charge in [-0.3, -0.25) is 0 Å². The third kappa shape index (κ3) is 3.67. The van der Waals surface area contributed by atoms with Gasteiger partial charge >= 0.3 is 6.36 Å². The quantitative estimate of drug-likeness (QED) is 0.681. The monoisotopic (exact) mass is 355 g/mol. The van der Waals surface area contributed by atoms with Crippen molar-refractivity contribution in [2.24, 2.45) is 16.1 Å². The molecule has 0 fully saturated rings. The first-order valence-corrected chi connectivity index (χ1v) is 7.58. The summed E-state index contributed by atoms with van der Waals surface area (Å²) in [6.07, 6.45) is -3.04. The predicted molar refractivity (Wildman–Crippen MR) is 81.9 cm³/mol. The van der Waals surface area contributed by atoms with Gasteiger partial charge in [0.25, 0.3) is 0 Å². The largest absolute Gasteiger partial charge is 0.573 e. The molecule has 0 bridgehead atoms. The minimum absolute atomic E-state index is 0.0439. The summed E-state index contributed by atoms with van der Waals surface area (Å²) >= 11 is 5.78. The Morgan fingerprint density at radius 3 is 2.08 bits per heavy atom. The fourth-order valence-electron chi connectivity index (χ4n) is 2.70. The summed E-state index contributed by atoms with van der Waals surface area (Å²) in [5.74, 6) is -0.213. The van der Waals surface area contributed by atoms with E-state index < -0.39 is 6.36 Å². The van der Waals surface area contributed by atoms with Gasteiger partial charge in [-0.15, -0.1) is 13.2 Å². The van der Waals surface area contributed by atoms with Crippen LogP contribution >= 0.6 is 11.6 Å². The van der Waals surface area contributed by atoms with Crippen molar-refractivity contribution in [1.29, 1.82) is 0 Å². The molecule has 8 heteroatoms. The van der Waals surface area contributed by atoms with Gasteiger partial charge < -0.3 is 4.74 Å². The molecule has 0 aliphatic carbocycles. The molecule has 0 saturated carbocycles. The maximum absolute atomic E-state index is 12.2. The van der Waals surface area contributed by atoms with Crippen molar-refractivity contribution in [2.75, 3.05) is 0 Å². The number of hydrogen-bond acceptors (Lipinski definition) is 4. The van der Waals surface area contributed by atoms with Crippen molar-refractivity contribution in [3.05, 3.63) is 58.9 Å². The zero-order chi connectivity index (χ0) is 17.3. The number of benzene rings is 1. The van der Waals surface area contributed by atoms with Crippen LogP contribution in [0.3, 0.4) is 0 Å². The average Bonchev–Trinajstić information content (AvgIpc) is 2.89. The highest BCUT2D eigenvalue weighted by Gasteiger charge is 2.34. The first-order valence-electron chi connectivity index (χ1n) is 7.20. The Morgan fingerprint density at radius 1 is 0.958 bits per heavy atom. The zero-order valence-electron chi connectivity index (χ0n) is 12.5. The zero-order valence-corrected chi connectivity index (χ0v) is 13.3. The van der Waals surface area contributed by atoms with E-state index in [1.54, 1.807) is 24.4 Å². The lowest BCUT2D eigenvalue weighted by Crippen LogP contribution is -2.17. The third-order valence-corrected chi connectivity index (χ3v) is 4.08. The van der Waals surface area contributed by atoms with Crippen LogP contribution in [0.4, 0.5) is 13.2 Å². The lowest BCUT2D eigenvalue weighted by atomic mass is 9.88. The summed E-state index contributed by atoms with van der Waals surface area (Å²) < 4.78 is 40.5. The summed E-state index contributed by atoms with van der Waals surface area (Å²) in [5.41, 5.74) is 1.68. The highest BCUT2D eigenvalue weighted by Crippen LogP contribution is 2.44. The molecule has 0 radical (unpaired) electrons. The Balaban J connectivity index is 1.74. The standard InChI is InChI=1S/C16H13ClF3N3O/c1-9-14(10-2-5-12(6-3-10)24-16(18,19)20)22-23-15(9)11-4-7-13(17)21-8-11/h2-9,14-15H,1H3. The maximum Gasteiger partial charge on any atom is 0.573 e. The molecular formula is C16H13ClF3N3O. The summed E-state index contributed by atoms with van der Waals surface area (Å²) in [6, 6.07) is 8.85. The normalized spacial score (nSPS) is 23.5. The van der Waals surface area contributed by atoms with Gasteiger partial charge in [0.15, 0.2) is 0 Å². The molecule has 4 nitrogen and oxygen atoms in total. The van der Waals surface area contributed by atoms with Crippen LogP contribution in [-0.2, 0) is 0 Å². The van der Waals surface area contributed by atoms with Crippen LogP contribution < -0.4 is 4.74 Å². The van der Waals surface area contributed by atoms with E-state index in [2.05, 4.69) is 19.9 Å². The number of nitrogens with zero attached hydrogens (tertiary/aromatic N) is 3. The lowest BCUT2D eigenvalue weighted by molar-refractivity contribution is -0.274. The Labute approximate surface area is 141 Å². The second-order valence-corrected chi connectivity index (χ2v) is 5.90. The summed E-state index contributed by atoms with van der Waals surface area (Å²) in [6.45, 7) is 1.99. The van der Waals surface area contributed by atoms with Crippen LogP contribution in [0.15, 0.2) is 52.8 Å². The number of alkyl halides is 3. The van der Waals surface area contributed by atoms with E-state index in [0.29, 0.717) is 5.15 Å². The molecule has 1 aromatic carbocycles. The van der Waals surface area contributed by atoms with E-state index in [0.717, 1.165) is 11.1 Å². The van der Waals surface area contributed by atoms with Crippen LogP contribution in [0.25, 0.3) is 0 Å². The summed E-state index contributed by atoms with van der Waals surface area (Å²) in [7, 11) is 0. The van der Waals surface area contributed by atoms with Gasteiger partial charge in [-0.25, -0.2) is 4.98 Å². The van der Waals surface area contributed by atoms with Gasteiger partial charge in [-0.05, 0) is 29.3 Å². The Hall–Kier alpha value is -2.15. The second kappa shape index (κ2) is 6.39. The van der Waals surface area contributed by atoms with E-state index in [9.17, 15) is 13.2 Å². The number of ether oxygens (including phenoxy) is 1. The van der Waals surface area contributed by atoms with Gasteiger partial charge in [0.1, 0.15) is 23.0 Å². The van der Waals surface area contributed by atoms with Crippen LogP contribution in [0, 0.1) is 5.92 Å². The molecule has 1 aliphatic rings. The Morgan fingerprint density at radius 2 is 1.54 bits per heavy atom. The van der Waals surface area contributed by atoms with Gasteiger partial charge in [0.2, 0.25) is 0 Å². The maximum atomic E-state index is 12.2. The molecule has 0 saturated heterocycles. The molecule has 3 rings (SSSR count). The average molecular weight is 356 g/mol. The van der Waals surface area contributed by atoms with Crippen molar-refractivity contribution in [2.45, 2.75) is 25.4 Å². The van der Waals surface area contributed by atoms with E-state index in [-0.39, 0.29) is 23.8 Å². The number of rotatable bonds is 3. The minimum atomic E-state index is -4.70. The van der Waals surface area contributed by atoms with Gasteiger partial charge in [-0.1, -0.05) is 36.7 Å². The smallest absolute Gasteiger partial charge is 0.406 e. The van der Waals surface area contributed by atoms with Crippen LogP contribution in [0.2, 0.25) is 5.15 Å². The molecule has 0 amide bonds. The summed E-state index contributed by atoms with van der Waals surface area (Å²) in [4.78, 5) is 4.04. The van der Waals surface area contributed by atoms with Crippen molar-refractivity contribution >= 4 is 11.6 Å². The number of pyridine rings is 1. The highest BCUT2D eigenvalue weighted by atomic mass is 35.5. The molecule has 0 N–H and O–H groups in total. The molecule has 1 aliphatic heterocycles. The van der Waals surface area contributed by atoms with Crippen molar-refractivity contribution in [3.8, 4) is 5.75 Å². The summed E-state index contributed by atoms with van der Waals surface area (Å²) in [5, 5.41) is 8.96. The predicted octanol–water partition coefficient (Wildman–Crippen LogP) is 5.52. The second-order valence-electron chi connectivity index (χ2n) is 5.51. The van der Waals surface area contributed by atoms with Crippen LogP contribution in [-0.4, -0.2) is 11.3 Å². The van der Waals surface area contributed by atoms with Crippen LogP contribution in [0.5, 0.6) is 5.75 Å². The lowest BCUT2D eigenvalue weighted by Gasteiger charge is -2.18. The molecule has 0 spiro atoms. The van der Waals surface area contributed by atoms with E-state index in [1.807, 2.05) is 13.0 Å². The molecule has 1 aromatic heterocycles. The van der Waals surface area contributed by atoms with Crippen molar-refractivity contribution in [1.82, 2.24) is 4.98 Å². The molecule has 2 heterocycles. The molecule has 3 unspecified atom stereocenters. The van der Waals surface area contributed by atoms with E-state index in [1.165, 1.54) is 12.1 Å². The Bertz CT molecular complexity index is 732. The fourth-order valence-corrected chi connectivity index (χ4v) is 2.81. The van der Waals surface area contributed by atoms with Gasteiger partial charge in [0, 0.05) is 12.1 Å². The molecule has 24 heavy (non-hydrogen) atoms. The van der Waals surface area contributed by atoms with E-state index in [4.69, 9.17) is 11.6 Å². The number of azo groups is 1. The first kappa shape index (κ1) is 16.7. The number of halogens is 4. The molecule has 126 valence electrons. The molecule has 2 aromatic rings. The topological polar surface area (TPSA) is 46.8 Å². The third-order valence-electron chi connectivity index (χ3n) is 3.86. The number of hydrogen-bond donors (Lipinski definition) is 0. The molecular weight excluding hydrogens is 343 g/mol. The van der Waals surface area contributed by atoms with Crippen molar-refractivity contribution < 1.29 is 17.9 Å². The van der Waals surface area contributed by atoms with E-state index >= 15 is 0 Å². The Kier molecular flexibility index (Phi) is 4.45. The van der Waals surface area contributed by atoms with Gasteiger partial charge in [0.05, 0.1) is 0 Å². The van der Waals surface area contributed by atoms with Gasteiger partial charge in [-0.2, -0.15) is 10.2 Å². The number of aromatic nitrogens is 1. The highest BCUT2D eigenvalue weighted by molar-refractivity contribution is 6.29.